The van der Waals surface area contributed by atoms with Gasteiger partial charge in [0.05, 0.1) is 12.1 Å². The van der Waals surface area contributed by atoms with Crippen molar-refractivity contribution < 1.29 is 17.9 Å². The summed E-state index contributed by atoms with van der Waals surface area (Å²) < 4.78 is 42.8. The SMILES string of the molecule is Cc1ccc(NC(N)=NCCOc2ncc(C(F)(F)F)cc2Cl)cc1. The third kappa shape index (κ3) is 5.82. The van der Waals surface area contributed by atoms with Gasteiger partial charge in [-0.25, -0.2) is 9.98 Å². The van der Waals surface area contributed by atoms with Crippen molar-refractivity contribution in [1.29, 1.82) is 0 Å². The van der Waals surface area contributed by atoms with E-state index in [1.807, 2.05) is 31.2 Å². The summed E-state index contributed by atoms with van der Waals surface area (Å²) in [6, 6.07) is 8.34. The summed E-state index contributed by atoms with van der Waals surface area (Å²) >= 11 is 5.74. The van der Waals surface area contributed by atoms with Crippen LogP contribution in [0, 0.1) is 6.92 Å². The van der Waals surface area contributed by atoms with E-state index in [-0.39, 0.29) is 30.0 Å². The van der Waals surface area contributed by atoms with Gasteiger partial charge in [0, 0.05) is 11.9 Å². The molecule has 1 aromatic carbocycles. The van der Waals surface area contributed by atoms with Crippen LogP contribution in [0.25, 0.3) is 0 Å². The summed E-state index contributed by atoms with van der Waals surface area (Å²) in [6.45, 7) is 2.22. The number of halogens is 4. The maximum Gasteiger partial charge on any atom is 0.417 e. The van der Waals surface area contributed by atoms with Crippen molar-refractivity contribution >= 4 is 23.2 Å². The van der Waals surface area contributed by atoms with Crippen LogP contribution in [0.15, 0.2) is 41.5 Å². The van der Waals surface area contributed by atoms with Gasteiger partial charge in [-0.1, -0.05) is 29.3 Å². The Hall–Kier alpha value is -2.48. The molecule has 0 radical (unpaired) electrons. The standard InChI is InChI=1S/C16H16ClF3N4O/c1-10-2-4-12(5-3-10)24-15(21)22-6-7-25-14-13(17)8-11(9-23-14)16(18,19)20/h2-5,8-9H,6-7H2,1H3,(H3,21,22,24). The Kier molecular flexibility index (Phi) is 6.08. The molecule has 5 nitrogen and oxygen atoms in total. The maximum atomic E-state index is 12.5. The van der Waals surface area contributed by atoms with E-state index in [1.165, 1.54) is 0 Å². The molecule has 0 aliphatic rings. The molecule has 0 saturated carbocycles. The number of hydrogen-bond acceptors (Lipinski definition) is 3. The number of aliphatic imine (C=N–C) groups is 1. The first kappa shape index (κ1) is 18.9. The van der Waals surface area contributed by atoms with Crippen LogP contribution in [0.1, 0.15) is 11.1 Å². The molecule has 0 atom stereocenters. The molecule has 2 aromatic rings. The first-order chi connectivity index (χ1) is 11.8. The minimum absolute atomic E-state index is 0.0639. The summed E-state index contributed by atoms with van der Waals surface area (Å²) in [5.74, 6) is 0.105. The van der Waals surface area contributed by atoms with Crippen LogP contribution < -0.4 is 15.8 Å². The average Bonchev–Trinajstić information content (AvgIpc) is 2.54. The monoisotopic (exact) mass is 372 g/mol. The van der Waals surface area contributed by atoms with Crippen LogP contribution in [0.3, 0.4) is 0 Å². The number of nitrogens with two attached hydrogens (primary N) is 1. The number of hydrogen-bond donors (Lipinski definition) is 2. The smallest absolute Gasteiger partial charge is 0.417 e. The van der Waals surface area contributed by atoms with Crippen LogP contribution in [0.4, 0.5) is 18.9 Å². The van der Waals surface area contributed by atoms with Crippen molar-refractivity contribution in [2.75, 3.05) is 18.5 Å². The molecule has 25 heavy (non-hydrogen) atoms. The number of nitrogens with one attached hydrogen (secondary N) is 1. The highest BCUT2D eigenvalue weighted by Crippen LogP contribution is 2.32. The second-order valence-corrected chi connectivity index (χ2v) is 5.52. The molecule has 2 rings (SSSR count). The topological polar surface area (TPSA) is 72.5 Å². The molecule has 0 unspecified atom stereocenters. The van der Waals surface area contributed by atoms with Gasteiger partial charge < -0.3 is 15.8 Å². The van der Waals surface area contributed by atoms with Gasteiger partial charge >= 0.3 is 6.18 Å². The number of anilines is 1. The Labute approximate surface area is 147 Å². The van der Waals surface area contributed by atoms with Gasteiger partial charge in [-0.3, -0.25) is 0 Å². The number of pyridine rings is 1. The highest BCUT2D eigenvalue weighted by Gasteiger charge is 2.31. The Bertz CT molecular complexity index is 748. The van der Waals surface area contributed by atoms with E-state index < -0.39 is 11.7 Å². The molecular weight excluding hydrogens is 357 g/mol. The lowest BCUT2D eigenvalue weighted by Crippen LogP contribution is -2.23. The van der Waals surface area contributed by atoms with Gasteiger partial charge in [0.25, 0.3) is 0 Å². The predicted octanol–water partition coefficient (Wildman–Crippen LogP) is 3.87. The lowest BCUT2D eigenvalue weighted by Gasteiger charge is -2.10. The maximum absolute atomic E-state index is 12.5. The molecule has 9 heteroatoms. The third-order valence-electron chi connectivity index (χ3n) is 3.07. The van der Waals surface area contributed by atoms with Crippen LogP contribution in [0.5, 0.6) is 5.88 Å². The minimum Gasteiger partial charge on any atom is -0.475 e. The van der Waals surface area contributed by atoms with Gasteiger partial charge in [-0.2, -0.15) is 13.2 Å². The van der Waals surface area contributed by atoms with Crippen molar-refractivity contribution in [1.82, 2.24) is 4.98 Å². The number of aromatic nitrogens is 1. The summed E-state index contributed by atoms with van der Waals surface area (Å²) in [5.41, 5.74) is 6.71. The number of rotatable bonds is 5. The van der Waals surface area contributed by atoms with E-state index in [0.29, 0.717) is 6.20 Å². The molecule has 3 N–H and O–H groups in total. The third-order valence-corrected chi connectivity index (χ3v) is 3.34. The Balaban J connectivity index is 1.85. The summed E-state index contributed by atoms with van der Waals surface area (Å²) in [5, 5.41) is 2.69. The molecule has 1 aromatic heterocycles. The van der Waals surface area contributed by atoms with E-state index in [0.717, 1.165) is 17.3 Å². The van der Waals surface area contributed by atoms with Crippen molar-refractivity contribution in [2.45, 2.75) is 13.1 Å². The molecule has 0 aliphatic carbocycles. The highest BCUT2D eigenvalue weighted by atomic mass is 35.5. The number of nitrogens with zero attached hydrogens (tertiary/aromatic N) is 2. The number of aryl methyl sites for hydroxylation is 1. The summed E-state index contributed by atoms with van der Waals surface area (Å²) in [7, 11) is 0. The number of ether oxygens (including phenoxy) is 1. The van der Waals surface area contributed by atoms with E-state index >= 15 is 0 Å². The van der Waals surface area contributed by atoms with Crippen LogP contribution in [-0.2, 0) is 6.18 Å². The fraction of sp³-hybridized carbons (Fsp3) is 0.250. The Morgan fingerprint density at radius 3 is 2.60 bits per heavy atom. The normalized spacial score (nSPS) is 12.1. The molecule has 0 saturated heterocycles. The number of alkyl halides is 3. The van der Waals surface area contributed by atoms with Crippen LogP contribution >= 0.6 is 11.6 Å². The lowest BCUT2D eigenvalue weighted by molar-refractivity contribution is -0.137. The lowest BCUT2D eigenvalue weighted by atomic mass is 10.2. The summed E-state index contributed by atoms with van der Waals surface area (Å²) in [6.07, 6.45) is -3.84. The second-order valence-electron chi connectivity index (χ2n) is 5.12. The molecular formula is C16H16ClF3N4O. The van der Waals surface area contributed by atoms with Crippen molar-refractivity contribution in [3.05, 3.63) is 52.7 Å². The van der Waals surface area contributed by atoms with Gasteiger partial charge in [-0.15, -0.1) is 0 Å². The highest BCUT2D eigenvalue weighted by molar-refractivity contribution is 6.31. The van der Waals surface area contributed by atoms with Gasteiger partial charge in [-0.05, 0) is 25.1 Å². The first-order valence-corrected chi connectivity index (χ1v) is 7.62. The predicted molar refractivity (Wildman–Crippen MR) is 91.0 cm³/mol. The first-order valence-electron chi connectivity index (χ1n) is 7.25. The second kappa shape index (κ2) is 8.06. The zero-order chi connectivity index (χ0) is 18.4. The van der Waals surface area contributed by atoms with Crippen molar-refractivity contribution in [3.63, 3.8) is 0 Å². The molecule has 0 bridgehead atoms. The van der Waals surface area contributed by atoms with E-state index in [9.17, 15) is 13.2 Å². The van der Waals surface area contributed by atoms with Gasteiger partial charge in [0.15, 0.2) is 5.96 Å². The van der Waals surface area contributed by atoms with Crippen molar-refractivity contribution in [3.8, 4) is 5.88 Å². The minimum atomic E-state index is -4.50. The largest absolute Gasteiger partial charge is 0.475 e. The Morgan fingerprint density at radius 1 is 1.32 bits per heavy atom. The number of guanidine groups is 1. The molecule has 0 aliphatic heterocycles. The molecule has 0 amide bonds. The quantitative estimate of drug-likeness (QED) is 0.475. The Morgan fingerprint density at radius 2 is 2.00 bits per heavy atom. The number of benzene rings is 1. The zero-order valence-electron chi connectivity index (χ0n) is 13.3. The fourth-order valence-corrected chi connectivity index (χ4v) is 2.04. The van der Waals surface area contributed by atoms with Crippen molar-refractivity contribution in [2.24, 2.45) is 10.7 Å². The zero-order valence-corrected chi connectivity index (χ0v) is 14.0. The van der Waals surface area contributed by atoms with Gasteiger partial charge in [0.2, 0.25) is 5.88 Å². The molecule has 134 valence electrons. The van der Waals surface area contributed by atoms with Gasteiger partial charge in [0.1, 0.15) is 11.6 Å². The van der Waals surface area contributed by atoms with E-state index in [2.05, 4.69) is 15.3 Å². The van der Waals surface area contributed by atoms with Crippen LogP contribution in [0.2, 0.25) is 5.02 Å². The van der Waals surface area contributed by atoms with E-state index in [1.54, 1.807) is 0 Å². The molecule has 0 spiro atoms. The van der Waals surface area contributed by atoms with Crippen LogP contribution in [-0.4, -0.2) is 24.1 Å². The van der Waals surface area contributed by atoms with E-state index in [4.69, 9.17) is 22.1 Å². The average molecular weight is 373 g/mol. The summed E-state index contributed by atoms with van der Waals surface area (Å²) in [4.78, 5) is 7.62. The molecule has 1 heterocycles. The molecule has 0 fully saturated rings. The fourth-order valence-electron chi connectivity index (χ4n) is 1.82.